The third-order valence-corrected chi connectivity index (χ3v) is 6.08. The summed E-state index contributed by atoms with van der Waals surface area (Å²) in [6.07, 6.45) is 3.19. The average molecular weight is 436 g/mol. The number of nitrogens with zero attached hydrogens (tertiary/aromatic N) is 3. The molecule has 31 heavy (non-hydrogen) atoms. The van der Waals surface area contributed by atoms with E-state index in [-0.39, 0.29) is 5.57 Å². The van der Waals surface area contributed by atoms with Crippen LogP contribution in [0.4, 0.5) is 5.69 Å². The van der Waals surface area contributed by atoms with Gasteiger partial charge in [0, 0.05) is 18.1 Å². The number of carbonyl (C=O) groups is 2. The molecule has 8 heteroatoms. The van der Waals surface area contributed by atoms with Crippen LogP contribution in [0.5, 0.6) is 5.75 Å². The Morgan fingerprint density at radius 2 is 1.84 bits per heavy atom. The molecule has 2 aromatic heterocycles. The summed E-state index contributed by atoms with van der Waals surface area (Å²) < 4.78 is 5.48. The minimum Gasteiger partial charge on any atom is -0.503 e. The summed E-state index contributed by atoms with van der Waals surface area (Å²) in [5.74, 6) is -0.911. The summed E-state index contributed by atoms with van der Waals surface area (Å²) in [4.78, 5) is 36.8. The van der Waals surface area contributed by atoms with E-state index in [1.54, 1.807) is 55.7 Å². The van der Waals surface area contributed by atoms with Crippen molar-refractivity contribution in [3.05, 3.63) is 81.3 Å². The Hall–Kier alpha value is -3.52. The van der Waals surface area contributed by atoms with Crippen LogP contribution in [0.15, 0.2) is 60.1 Å². The predicted molar refractivity (Wildman–Crippen MR) is 118 cm³/mol. The molecule has 1 aliphatic rings. The van der Waals surface area contributed by atoms with E-state index in [0.29, 0.717) is 34.2 Å². The zero-order valence-corrected chi connectivity index (χ0v) is 18.1. The lowest BCUT2D eigenvalue weighted by atomic mass is 9.95. The van der Waals surface area contributed by atoms with Crippen molar-refractivity contribution in [2.24, 2.45) is 0 Å². The van der Waals surface area contributed by atoms with Crippen molar-refractivity contribution in [2.45, 2.75) is 26.8 Å². The summed E-state index contributed by atoms with van der Waals surface area (Å²) in [5.41, 5.74) is 1.83. The van der Waals surface area contributed by atoms with Crippen LogP contribution in [0.25, 0.3) is 0 Å². The lowest BCUT2D eigenvalue weighted by Gasteiger charge is -2.27. The molecular formula is C23H21N3O4S. The van der Waals surface area contributed by atoms with E-state index in [4.69, 9.17) is 4.74 Å². The maximum absolute atomic E-state index is 13.5. The highest BCUT2D eigenvalue weighted by Gasteiger charge is 2.45. The molecule has 7 nitrogen and oxygen atoms in total. The number of Topliss-reactive ketones (excluding diaryl/α,β-unsaturated/α-hetero) is 1. The van der Waals surface area contributed by atoms with Gasteiger partial charge in [-0.25, -0.2) is 4.98 Å². The number of pyridine rings is 1. The number of amides is 1. The van der Waals surface area contributed by atoms with Gasteiger partial charge in [-0.2, -0.15) is 0 Å². The first-order valence-corrected chi connectivity index (χ1v) is 10.6. The van der Waals surface area contributed by atoms with E-state index in [0.717, 1.165) is 5.01 Å². The number of rotatable bonds is 6. The van der Waals surface area contributed by atoms with E-state index >= 15 is 0 Å². The minimum atomic E-state index is -0.789. The van der Waals surface area contributed by atoms with Crippen molar-refractivity contribution in [3.8, 4) is 5.75 Å². The van der Waals surface area contributed by atoms with Gasteiger partial charge in [0.05, 0.1) is 33.8 Å². The van der Waals surface area contributed by atoms with E-state index < -0.39 is 23.5 Å². The van der Waals surface area contributed by atoms with Gasteiger partial charge in [0.2, 0.25) is 5.78 Å². The fourth-order valence-electron chi connectivity index (χ4n) is 3.70. The number of ether oxygens (including phenoxy) is 1. The van der Waals surface area contributed by atoms with Crippen molar-refractivity contribution in [1.82, 2.24) is 9.97 Å². The van der Waals surface area contributed by atoms with Gasteiger partial charge in [-0.1, -0.05) is 0 Å². The Bertz CT molecular complexity index is 1170. The highest BCUT2D eigenvalue weighted by Crippen LogP contribution is 2.42. The Kier molecular flexibility index (Phi) is 5.56. The fourth-order valence-corrected chi connectivity index (χ4v) is 4.57. The second-order valence-electron chi connectivity index (χ2n) is 7.02. The monoisotopic (exact) mass is 435 g/mol. The van der Waals surface area contributed by atoms with E-state index in [1.807, 2.05) is 13.8 Å². The summed E-state index contributed by atoms with van der Waals surface area (Å²) >= 11 is 1.25. The number of aliphatic hydroxyl groups excluding tert-OH is 1. The highest BCUT2D eigenvalue weighted by molar-refractivity contribution is 7.14. The quantitative estimate of drug-likeness (QED) is 0.579. The zero-order chi connectivity index (χ0) is 22.1. The molecule has 0 saturated heterocycles. The molecule has 0 spiro atoms. The Morgan fingerprint density at radius 1 is 1.16 bits per heavy atom. The van der Waals surface area contributed by atoms with Crippen LogP contribution in [0.3, 0.4) is 0 Å². The number of hydrogen-bond acceptors (Lipinski definition) is 7. The number of aryl methyl sites for hydroxylation is 2. The molecule has 3 aromatic rings. The lowest BCUT2D eigenvalue weighted by Crippen LogP contribution is -2.31. The van der Waals surface area contributed by atoms with Crippen molar-refractivity contribution >= 4 is 28.7 Å². The maximum Gasteiger partial charge on any atom is 0.294 e. The molecule has 0 aliphatic carbocycles. The molecule has 1 N–H and O–H groups in total. The minimum absolute atomic E-state index is 0.0387. The number of thiazole rings is 1. The van der Waals surface area contributed by atoms with Gasteiger partial charge < -0.3 is 9.84 Å². The summed E-state index contributed by atoms with van der Waals surface area (Å²) in [6.45, 7) is 5.97. The average Bonchev–Trinajstić information content (AvgIpc) is 3.25. The van der Waals surface area contributed by atoms with Gasteiger partial charge in [0.25, 0.3) is 5.91 Å². The van der Waals surface area contributed by atoms with Crippen LogP contribution in [0.1, 0.15) is 38.9 Å². The Balaban J connectivity index is 1.83. The predicted octanol–water partition coefficient (Wildman–Crippen LogP) is 4.34. The molecule has 1 atom stereocenters. The molecule has 1 unspecified atom stereocenters. The van der Waals surface area contributed by atoms with Crippen molar-refractivity contribution in [1.29, 1.82) is 0 Å². The molecule has 0 fully saturated rings. The smallest absolute Gasteiger partial charge is 0.294 e. The van der Waals surface area contributed by atoms with Crippen molar-refractivity contribution < 1.29 is 19.4 Å². The van der Waals surface area contributed by atoms with Crippen LogP contribution in [0, 0.1) is 13.8 Å². The van der Waals surface area contributed by atoms with Crippen LogP contribution in [-0.2, 0) is 4.79 Å². The molecule has 1 aromatic carbocycles. The number of anilines is 1. The van der Waals surface area contributed by atoms with Crippen LogP contribution in [0.2, 0.25) is 0 Å². The standard InChI is InChI=1S/C23H21N3O4S/c1-4-30-17-7-5-16(6-8-17)26-19(15-9-11-24-12-10-15)18(21(28)23(26)29)20(27)22-13(2)25-14(3)31-22/h5-12,19,28H,4H2,1-3H3. The van der Waals surface area contributed by atoms with Crippen LogP contribution >= 0.6 is 11.3 Å². The number of benzene rings is 1. The Morgan fingerprint density at radius 3 is 2.42 bits per heavy atom. The second kappa shape index (κ2) is 8.31. The number of ketones is 1. The Labute approximate surface area is 183 Å². The first kappa shape index (κ1) is 20.7. The van der Waals surface area contributed by atoms with Gasteiger partial charge in [-0.3, -0.25) is 19.5 Å². The van der Waals surface area contributed by atoms with E-state index in [1.165, 1.54) is 16.2 Å². The first-order chi connectivity index (χ1) is 14.9. The zero-order valence-electron chi connectivity index (χ0n) is 17.3. The summed E-state index contributed by atoms with van der Waals surface area (Å²) in [5, 5.41) is 11.5. The van der Waals surface area contributed by atoms with E-state index in [2.05, 4.69) is 9.97 Å². The molecule has 0 radical (unpaired) electrons. The van der Waals surface area contributed by atoms with Gasteiger partial charge in [0.1, 0.15) is 5.75 Å². The SMILES string of the molecule is CCOc1ccc(N2C(=O)C(O)=C(C(=O)c3sc(C)nc3C)C2c2ccncc2)cc1. The molecule has 3 heterocycles. The molecule has 4 rings (SSSR count). The molecule has 1 amide bonds. The third-order valence-electron chi connectivity index (χ3n) is 5.01. The molecular weight excluding hydrogens is 414 g/mol. The maximum atomic E-state index is 13.5. The number of hydrogen-bond donors (Lipinski definition) is 1. The van der Waals surface area contributed by atoms with Gasteiger partial charge in [-0.15, -0.1) is 11.3 Å². The van der Waals surface area contributed by atoms with Gasteiger partial charge >= 0.3 is 0 Å². The third kappa shape index (κ3) is 3.70. The molecule has 0 bridgehead atoms. The topological polar surface area (TPSA) is 92.6 Å². The largest absolute Gasteiger partial charge is 0.503 e. The molecule has 1 aliphatic heterocycles. The normalized spacial score (nSPS) is 16.2. The van der Waals surface area contributed by atoms with Gasteiger partial charge in [-0.05, 0) is 62.7 Å². The number of carbonyl (C=O) groups excluding carboxylic acids is 2. The number of aromatic nitrogens is 2. The van der Waals surface area contributed by atoms with Crippen molar-refractivity contribution in [2.75, 3.05) is 11.5 Å². The second-order valence-corrected chi connectivity index (χ2v) is 8.23. The summed E-state index contributed by atoms with van der Waals surface area (Å²) in [6, 6.07) is 9.65. The van der Waals surface area contributed by atoms with Crippen molar-refractivity contribution in [3.63, 3.8) is 0 Å². The number of aliphatic hydroxyl groups is 1. The van der Waals surface area contributed by atoms with Gasteiger partial charge in [0.15, 0.2) is 5.76 Å². The first-order valence-electron chi connectivity index (χ1n) is 9.80. The molecule has 158 valence electrons. The molecule has 0 saturated carbocycles. The highest BCUT2D eigenvalue weighted by atomic mass is 32.1. The van der Waals surface area contributed by atoms with Crippen LogP contribution < -0.4 is 9.64 Å². The fraction of sp³-hybridized carbons (Fsp3) is 0.217. The summed E-state index contributed by atoms with van der Waals surface area (Å²) in [7, 11) is 0. The van der Waals surface area contributed by atoms with Crippen LogP contribution in [-0.4, -0.2) is 33.4 Å². The van der Waals surface area contributed by atoms with E-state index in [9.17, 15) is 14.7 Å². The lowest BCUT2D eigenvalue weighted by molar-refractivity contribution is -0.117.